The van der Waals surface area contributed by atoms with Crippen LogP contribution in [-0.2, 0) is 6.18 Å². The van der Waals surface area contributed by atoms with Crippen LogP contribution in [0.15, 0.2) is 18.2 Å². The topological polar surface area (TPSA) is 63.0 Å². The Kier molecular flexibility index (Phi) is 5.89. The Labute approximate surface area is 84.7 Å². The number of hydrogen-bond donors (Lipinski definition) is 0. The third kappa shape index (κ3) is 3.57. The van der Waals surface area contributed by atoms with Crippen LogP contribution in [0, 0.1) is 0 Å². The van der Waals surface area contributed by atoms with E-state index >= 15 is 0 Å². The molecule has 2 nitrogen and oxygen atoms in total. The van der Waals surface area contributed by atoms with Crippen LogP contribution in [0.1, 0.15) is 5.56 Å². The molecule has 0 bridgehead atoms. The largest absolute Gasteiger partial charge is 0.416 e. The van der Waals surface area contributed by atoms with E-state index in [2.05, 4.69) is 0 Å². The summed E-state index contributed by atoms with van der Waals surface area (Å²) >= 11 is 5.52. The molecule has 0 radical (unpaired) electrons. The lowest BCUT2D eigenvalue weighted by Gasteiger charge is -2.07. The van der Waals surface area contributed by atoms with E-state index in [1.165, 1.54) is 6.07 Å². The van der Waals surface area contributed by atoms with Gasteiger partial charge in [-0.2, -0.15) is 13.2 Å². The van der Waals surface area contributed by atoms with Crippen molar-refractivity contribution in [3.8, 4) is 0 Å². The van der Waals surface area contributed by atoms with Crippen molar-refractivity contribution in [2.45, 2.75) is 6.18 Å². The SMILES string of the molecule is Bc1ccc(C(F)(F)F)cc1Cl.O.O. The van der Waals surface area contributed by atoms with Crippen LogP contribution in [0.4, 0.5) is 13.2 Å². The quantitative estimate of drug-likeness (QED) is 0.560. The smallest absolute Gasteiger partial charge is 0.412 e. The van der Waals surface area contributed by atoms with Gasteiger partial charge in [-0.1, -0.05) is 29.2 Å². The molecule has 1 aromatic carbocycles. The van der Waals surface area contributed by atoms with Crippen LogP contribution < -0.4 is 5.46 Å². The van der Waals surface area contributed by atoms with E-state index < -0.39 is 11.7 Å². The van der Waals surface area contributed by atoms with Crippen molar-refractivity contribution in [3.05, 3.63) is 28.8 Å². The Bertz CT molecular complexity index is 303. The van der Waals surface area contributed by atoms with Gasteiger partial charge in [-0.05, 0) is 6.07 Å². The van der Waals surface area contributed by atoms with Gasteiger partial charge in [0.2, 0.25) is 0 Å². The Morgan fingerprint density at radius 2 is 1.64 bits per heavy atom. The molecule has 4 N–H and O–H groups in total. The zero-order valence-corrected chi connectivity index (χ0v) is 8.00. The molecular weight excluding hydrogens is 219 g/mol. The van der Waals surface area contributed by atoms with Gasteiger partial charge in [0.1, 0.15) is 7.85 Å². The van der Waals surface area contributed by atoms with E-state index in [1.807, 2.05) is 0 Å². The summed E-state index contributed by atoms with van der Waals surface area (Å²) in [7, 11) is 1.66. The van der Waals surface area contributed by atoms with Crippen LogP contribution >= 0.6 is 11.6 Å². The second kappa shape index (κ2) is 5.24. The van der Waals surface area contributed by atoms with E-state index in [-0.39, 0.29) is 16.0 Å². The van der Waals surface area contributed by atoms with Gasteiger partial charge in [0, 0.05) is 5.02 Å². The first-order chi connectivity index (χ1) is 5.41. The maximum absolute atomic E-state index is 12.0. The summed E-state index contributed by atoms with van der Waals surface area (Å²) in [5, 5.41) is 0.143. The zero-order valence-electron chi connectivity index (χ0n) is 7.24. The number of hydrogen-bond acceptors (Lipinski definition) is 0. The van der Waals surface area contributed by atoms with Gasteiger partial charge >= 0.3 is 6.18 Å². The molecule has 14 heavy (non-hydrogen) atoms. The van der Waals surface area contributed by atoms with E-state index in [0.29, 0.717) is 5.46 Å². The molecule has 0 aliphatic heterocycles. The van der Waals surface area contributed by atoms with Gasteiger partial charge in [-0.3, -0.25) is 0 Å². The van der Waals surface area contributed by atoms with Crippen molar-refractivity contribution < 1.29 is 24.1 Å². The summed E-state index contributed by atoms with van der Waals surface area (Å²) in [4.78, 5) is 0. The highest BCUT2D eigenvalue weighted by Crippen LogP contribution is 2.29. The van der Waals surface area contributed by atoms with Crippen molar-refractivity contribution in [2.24, 2.45) is 0 Å². The third-order valence-electron chi connectivity index (χ3n) is 1.50. The van der Waals surface area contributed by atoms with E-state index in [9.17, 15) is 13.2 Å². The lowest BCUT2D eigenvalue weighted by Crippen LogP contribution is -2.09. The summed E-state index contributed by atoms with van der Waals surface area (Å²) < 4.78 is 36.1. The molecule has 0 heterocycles. The van der Waals surface area contributed by atoms with Crippen LogP contribution in [0.3, 0.4) is 0 Å². The molecule has 0 spiro atoms. The maximum Gasteiger partial charge on any atom is 0.416 e. The van der Waals surface area contributed by atoms with Gasteiger partial charge in [-0.25, -0.2) is 0 Å². The molecule has 1 rings (SSSR count). The molecule has 0 amide bonds. The Balaban J connectivity index is 0. The van der Waals surface area contributed by atoms with Crippen LogP contribution in [0.5, 0.6) is 0 Å². The second-order valence-corrected chi connectivity index (χ2v) is 2.87. The van der Waals surface area contributed by atoms with Gasteiger partial charge in [0.25, 0.3) is 0 Å². The number of benzene rings is 1. The average Bonchev–Trinajstić information content (AvgIpc) is 1.92. The number of alkyl halides is 3. The second-order valence-electron chi connectivity index (χ2n) is 2.46. The summed E-state index contributed by atoms with van der Waals surface area (Å²) in [5.41, 5.74) is -0.0669. The van der Waals surface area contributed by atoms with Crippen molar-refractivity contribution in [2.75, 3.05) is 0 Å². The molecule has 0 saturated carbocycles. The first-order valence-electron chi connectivity index (χ1n) is 3.24. The molecule has 0 aliphatic rings. The summed E-state index contributed by atoms with van der Waals surface area (Å²) in [6.45, 7) is 0. The fourth-order valence-electron chi connectivity index (χ4n) is 0.769. The standard InChI is InChI=1S/C7H5BClF3.2H2O/c8-5-2-1-4(3-6(5)9)7(10,11)12;;/h1-3H,8H2;2*1H2. The first kappa shape index (κ1) is 15.7. The van der Waals surface area contributed by atoms with Crippen molar-refractivity contribution >= 4 is 24.9 Å². The number of rotatable bonds is 0. The highest BCUT2D eigenvalue weighted by atomic mass is 35.5. The Morgan fingerprint density at radius 3 is 2.00 bits per heavy atom. The molecular formula is C7H9BClF3O2. The van der Waals surface area contributed by atoms with Gasteiger partial charge in [-0.15, -0.1) is 0 Å². The van der Waals surface area contributed by atoms with Crippen molar-refractivity contribution in [1.82, 2.24) is 0 Å². The van der Waals surface area contributed by atoms with Crippen LogP contribution in [0.2, 0.25) is 5.02 Å². The molecule has 0 atom stereocenters. The predicted octanol–water partition coefficient (Wildman–Crippen LogP) is -0.0322. The molecule has 0 aromatic heterocycles. The minimum atomic E-state index is -4.31. The lowest BCUT2D eigenvalue weighted by molar-refractivity contribution is -0.137. The summed E-state index contributed by atoms with van der Waals surface area (Å²) in [6, 6.07) is 3.29. The van der Waals surface area contributed by atoms with E-state index in [0.717, 1.165) is 12.1 Å². The number of halogens is 4. The third-order valence-corrected chi connectivity index (χ3v) is 1.91. The molecule has 0 saturated heterocycles. The van der Waals surface area contributed by atoms with Crippen molar-refractivity contribution in [3.63, 3.8) is 0 Å². The average molecular weight is 228 g/mol. The van der Waals surface area contributed by atoms with Gasteiger partial charge < -0.3 is 11.0 Å². The Hall–Kier alpha value is -0.715. The minimum absolute atomic E-state index is 0. The van der Waals surface area contributed by atoms with E-state index in [4.69, 9.17) is 11.6 Å². The zero-order chi connectivity index (χ0) is 9.35. The fraction of sp³-hybridized carbons (Fsp3) is 0.143. The summed E-state index contributed by atoms with van der Waals surface area (Å²) in [5.74, 6) is 0. The van der Waals surface area contributed by atoms with Crippen LogP contribution in [0.25, 0.3) is 0 Å². The maximum atomic E-state index is 12.0. The lowest BCUT2D eigenvalue weighted by atomic mass is 9.95. The normalized spacial score (nSPS) is 10.0. The molecule has 0 aliphatic carbocycles. The molecule has 1 aromatic rings. The minimum Gasteiger partial charge on any atom is -0.412 e. The molecule has 7 heteroatoms. The Morgan fingerprint density at radius 1 is 1.14 bits per heavy atom. The fourth-order valence-corrected chi connectivity index (χ4v) is 0.950. The molecule has 0 unspecified atom stereocenters. The van der Waals surface area contributed by atoms with Gasteiger partial charge in [0.05, 0.1) is 5.56 Å². The van der Waals surface area contributed by atoms with Crippen molar-refractivity contribution in [1.29, 1.82) is 0 Å². The van der Waals surface area contributed by atoms with Gasteiger partial charge in [0.15, 0.2) is 0 Å². The molecule has 0 fully saturated rings. The highest BCUT2D eigenvalue weighted by molar-refractivity contribution is 6.45. The predicted molar refractivity (Wildman–Crippen MR) is 51.9 cm³/mol. The van der Waals surface area contributed by atoms with E-state index in [1.54, 1.807) is 7.85 Å². The first-order valence-corrected chi connectivity index (χ1v) is 3.62. The highest BCUT2D eigenvalue weighted by Gasteiger charge is 2.30. The molecule has 80 valence electrons. The van der Waals surface area contributed by atoms with Crippen LogP contribution in [-0.4, -0.2) is 18.8 Å². The summed E-state index contributed by atoms with van der Waals surface area (Å²) in [6.07, 6.45) is -4.31. The monoisotopic (exact) mass is 228 g/mol.